The molecule has 1 aliphatic heterocycles. The number of Topliss-reactive ketones (excluding diaryl/α,β-unsaturated/α-hetero) is 1. The summed E-state index contributed by atoms with van der Waals surface area (Å²) < 4.78 is 14.1. The maximum Gasteiger partial charge on any atom is 0.251 e. The number of rotatable bonds is 12. The average molecular weight is 610 g/mol. The number of ketones is 1. The van der Waals surface area contributed by atoms with Crippen LogP contribution in [0.3, 0.4) is 0 Å². The zero-order valence-corrected chi connectivity index (χ0v) is 23.6. The van der Waals surface area contributed by atoms with Gasteiger partial charge in [0.2, 0.25) is 11.8 Å². The van der Waals surface area contributed by atoms with Crippen LogP contribution in [0.15, 0.2) is 33.7 Å². The minimum atomic E-state index is -1.22. The number of carbonyl (C=O) groups excluding carboxylic acids is 4. The second-order valence-electron chi connectivity index (χ2n) is 10.2. The summed E-state index contributed by atoms with van der Waals surface area (Å²) in [6.07, 6.45) is 6.20. The predicted molar refractivity (Wildman–Crippen MR) is 150 cm³/mol. The molecule has 0 aromatic heterocycles. The van der Waals surface area contributed by atoms with Gasteiger partial charge in [0.05, 0.1) is 6.04 Å². The molecule has 1 unspecified atom stereocenters. The topological polar surface area (TPSA) is 160 Å². The third-order valence-corrected chi connectivity index (χ3v) is 7.93. The van der Waals surface area contributed by atoms with E-state index in [1.807, 2.05) is 0 Å². The second kappa shape index (κ2) is 14.9. The molecule has 3 rings (SSSR count). The lowest BCUT2D eigenvalue weighted by Gasteiger charge is -2.35. The number of halogens is 2. The molecule has 2 fully saturated rings. The van der Waals surface area contributed by atoms with Crippen molar-refractivity contribution in [1.29, 1.82) is 0 Å². The van der Waals surface area contributed by atoms with Crippen LogP contribution in [0.4, 0.5) is 4.39 Å². The van der Waals surface area contributed by atoms with Crippen molar-refractivity contribution in [3.8, 4) is 0 Å². The molecule has 3 atom stereocenters. The number of hydrogen-bond acceptors (Lipinski definition) is 5. The number of hydrogen-bond donors (Lipinski definition) is 4. The molecule has 1 heterocycles. The number of nitrogens with two attached hydrogens (primary N) is 2. The van der Waals surface area contributed by atoms with Crippen LogP contribution < -0.4 is 22.1 Å². The van der Waals surface area contributed by atoms with Crippen molar-refractivity contribution in [2.24, 2.45) is 22.4 Å². The number of alkyl halides is 1. The molecule has 1 aliphatic carbocycles. The van der Waals surface area contributed by atoms with Gasteiger partial charge >= 0.3 is 0 Å². The van der Waals surface area contributed by atoms with Gasteiger partial charge < -0.3 is 27.0 Å². The van der Waals surface area contributed by atoms with Crippen LogP contribution in [0.2, 0.25) is 0 Å². The fourth-order valence-corrected chi connectivity index (χ4v) is 5.60. The molecule has 1 saturated heterocycles. The monoisotopic (exact) mass is 608 g/mol. The molecule has 1 aromatic carbocycles. The molecule has 1 saturated carbocycles. The van der Waals surface area contributed by atoms with Crippen molar-refractivity contribution < 1.29 is 23.6 Å². The third kappa shape index (κ3) is 8.74. The normalized spacial score (nSPS) is 19.1. The highest BCUT2D eigenvalue weighted by Gasteiger charge is 2.41. The molecular weight excluding hydrogens is 571 g/mol. The fourth-order valence-electron chi connectivity index (χ4n) is 5.33. The summed E-state index contributed by atoms with van der Waals surface area (Å²) in [4.78, 5) is 57.8. The van der Waals surface area contributed by atoms with Gasteiger partial charge in [-0.15, -0.1) is 0 Å². The Morgan fingerprint density at radius 1 is 1.03 bits per heavy atom. The summed E-state index contributed by atoms with van der Waals surface area (Å²) >= 11 is 3.36. The SMILES string of the molecule is NC(N)=NCCC[C@H](NC(=O)C1CCCN1C(=O)[C@@H](NC(=O)c1ccc(Br)cc1)C1CCCCC1)C(=O)CF. The molecule has 0 spiro atoms. The van der Waals surface area contributed by atoms with Crippen molar-refractivity contribution in [2.45, 2.75) is 75.9 Å². The van der Waals surface area contributed by atoms with Gasteiger partial charge in [-0.05, 0) is 68.7 Å². The molecule has 0 radical (unpaired) electrons. The van der Waals surface area contributed by atoms with Crippen LogP contribution in [0, 0.1) is 5.92 Å². The summed E-state index contributed by atoms with van der Waals surface area (Å²) in [5, 5.41) is 5.60. The molecule has 2 aliphatic rings. The van der Waals surface area contributed by atoms with Gasteiger partial charge in [-0.25, -0.2) is 4.39 Å². The lowest BCUT2D eigenvalue weighted by molar-refractivity contribution is -0.141. The zero-order chi connectivity index (χ0) is 28.4. The van der Waals surface area contributed by atoms with E-state index in [2.05, 4.69) is 31.6 Å². The highest BCUT2D eigenvalue weighted by molar-refractivity contribution is 9.10. The quantitative estimate of drug-likeness (QED) is 0.162. The van der Waals surface area contributed by atoms with Crippen LogP contribution in [0.5, 0.6) is 0 Å². The van der Waals surface area contributed by atoms with Gasteiger partial charge in [-0.2, -0.15) is 0 Å². The lowest BCUT2D eigenvalue weighted by atomic mass is 9.83. The fraction of sp³-hybridized carbons (Fsp3) is 0.593. The Labute approximate surface area is 236 Å². The molecule has 10 nitrogen and oxygen atoms in total. The van der Waals surface area contributed by atoms with Gasteiger partial charge in [0.1, 0.15) is 18.8 Å². The summed E-state index contributed by atoms with van der Waals surface area (Å²) in [7, 11) is 0. The van der Waals surface area contributed by atoms with E-state index >= 15 is 0 Å². The molecule has 6 N–H and O–H groups in total. The van der Waals surface area contributed by atoms with Crippen molar-refractivity contribution in [1.82, 2.24) is 15.5 Å². The molecule has 1 aromatic rings. The summed E-state index contributed by atoms with van der Waals surface area (Å²) in [5.74, 6) is -2.02. The van der Waals surface area contributed by atoms with Crippen LogP contribution >= 0.6 is 15.9 Å². The maximum atomic E-state index is 13.9. The Balaban J connectivity index is 1.73. The van der Waals surface area contributed by atoms with Crippen molar-refractivity contribution in [3.63, 3.8) is 0 Å². The zero-order valence-electron chi connectivity index (χ0n) is 22.0. The van der Waals surface area contributed by atoms with Crippen LogP contribution in [0.1, 0.15) is 68.1 Å². The van der Waals surface area contributed by atoms with Gasteiger partial charge in [-0.3, -0.25) is 24.2 Å². The van der Waals surface area contributed by atoms with E-state index in [1.54, 1.807) is 24.3 Å². The van der Waals surface area contributed by atoms with Crippen molar-refractivity contribution in [2.75, 3.05) is 19.8 Å². The molecule has 3 amide bonds. The Morgan fingerprint density at radius 3 is 2.36 bits per heavy atom. The number of likely N-dealkylation sites (tertiary alicyclic amines) is 1. The molecular formula is C27H38BrFN6O4. The Morgan fingerprint density at radius 2 is 1.72 bits per heavy atom. The molecule has 214 valence electrons. The molecule has 0 bridgehead atoms. The van der Waals surface area contributed by atoms with Gasteiger partial charge in [0.15, 0.2) is 11.7 Å². The van der Waals surface area contributed by atoms with Crippen LogP contribution in [-0.4, -0.2) is 72.3 Å². The first kappa shape index (κ1) is 30.5. The maximum absolute atomic E-state index is 13.9. The first-order chi connectivity index (χ1) is 18.7. The molecule has 12 heteroatoms. The summed E-state index contributed by atoms with van der Waals surface area (Å²) in [6, 6.07) is 4.28. The van der Waals surface area contributed by atoms with E-state index in [-0.39, 0.29) is 36.7 Å². The molecule has 39 heavy (non-hydrogen) atoms. The van der Waals surface area contributed by atoms with E-state index in [4.69, 9.17) is 11.5 Å². The lowest BCUT2D eigenvalue weighted by Crippen LogP contribution is -2.57. The van der Waals surface area contributed by atoms with Gasteiger partial charge in [-0.1, -0.05) is 35.2 Å². The number of aliphatic imine (C=N–C) groups is 1. The third-order valence-electron chi connectivity index (χ3n) is 7.40. The first-order valence-electron chi connectivity index (χ1n) is 13.5. The van der Waals surface area contributed by atoms with E-state index in [1.165, 1.54) is 4.90 Å². The van der Waals surface area contributed by atoms with Crippen LogP contribution in [0.25, 0.3) is 0 Å². The summed E-state index contributed by atoms with van der Waals surface area (Å²) in [6.45, 7) is -0.615. The standard InChI is InChI=1S/C27H38BrFN6O4/c28-19-12-10-18(11-13-19)24(37)34-23(17-6-2-1-3-7-17)26(39)35-15-5-9-21(35)25(38)33-20(22(36)16-29)8-4-14-32-27(30)31/h10-13,17,20-21,23H,1-9,14-16H2,(H,33,38)(H,34,37)(H4,30,31,32)/t20-,21?,23-/m0/s1. The number of amides is 3. The van der Waals surface area contributed by atoms with Crippen molar-refractivity contribution in [3.05, 3.63) is 34.3 Å². The minimum Gasteiger partial charge on any atom is -0.370 e. The highest BCUT2D eigenvalue weighted by Crippen LogP contribution is 2.29. The number of nitrogens with one attached hydrogen (secondary N) is 2. The largest absolute Gasteiger partial charge is 0.370 e. The van der Waals surface area contributed by atoms with E-state index in [0.717, 1.165) is 36.6 Å². The minimum absolute atomic E-state index is 0.0358. The van der Waals surface area contributed by atoms with E-state index in [9.17, 15) is 23.6 Å². The van der Waals surface area contributed by atoms with E-state index < -0.39 is 36.5 Å². The number of guanidine groups is 1. The average Bonchev–Trinajstić information content (AvgIpc) is 3.43. The number of benzene rings is 1. The number of carbonyl (C=O) groups is 4. The van der Waals surface area contributed by atoms with Gasteiger partial charge in [0, 0.05) is 23.1 Å². The first-order valence-corrected chi connectivity index (χ1v) is 14.3. The predicted octanol–water partition coefficient (Wildman–Crippen LogP) is 2.20. The van der Waals surface area contributed by atoms with Crippen LogP contribution in [-0.2, 0) is 14.4 Å². The van der Waals surface area contributed by atoms with Gasteiger partial charge in [0.25, 0.3) is 5.91 Å². The highest BCUT2D eigenvalue weighted by atomic mass is 79.9. The summed E-state index contributed by atoms with van der Waals surface area (Å²) in [5.41, 5.74) is 11.1. The Hall–Kier alpha value is -3.02. The Kier molecular flexibility index (Phi) is 11.7. The number of nitrogens with zero attached hydrogens (tertiary/aromatic N) is 2. The Bertz CT molecular complexity index is 1040. The van der Waals surface area contributed by atoms with Crippen molar-refractivity contribution >= 4 is 45.4 Å². The smallest absolute Gasteiger partial charge is 0.251 e. The van der Waals surface area contributed by atoms with E-state index in [0.29, 0.717) is 31.4 Å². The second-order valence-corrected chi connectivity index (χ2v) is 11.1.